The first kappa shape index (κ1) is 19.3. The highest BCUT2D eigenvalue weighted by molar-refractivity contribution is 6.36. The molecule has 0 amide bonds. The summed E-state index contributed by atoms with van der Waals surface area (Å²) in [5.74, 6) is -1.27. The lowest BCUT2D eigenvalue weighted by Crippen LogP contribution is -2.19. The van der Waals surface area contributed by atoms with Crippen molar-refractivity contribution in [3.8, 4) is 5.75 Å². The second-order valence-corrected chi connectivity index (χ2v) is 6.15. The topological polar surface area (TPSA) is 59.8 Å². The molecule has 3 aromatic rings. The van der Waals surface area contributed by atoms with Crippen molar-refractivity contribution < 1.29 is 22.5 Å². The first-order valence-electron chi connectivity index (χ1n) is 8.37. The van der Waals surface area contributed by atoms with E-state index >= 15 is 0 Å². The number of carbonyl (C=O) groups excluding carboxylic acids is 1. The van der Waals surface area contributed by atoms with Crippen LogP contribution in [0.2, 0.25) is 0 Å². The Hall–Kier alpha value is -3.42. The maximum atomic E-state index is 12.9. The van der Waals surface area contributed by atoms with Gasteiger partial charge in [0, 0.05) is 19.8 Å². The van der Waals surface area contributed by atoms with Crippen molar-refractivity contribution >= 4 is 36.0 Å². The second kappa shape index (κ2) is 8.08. The van der Waals surface area contributed by atoms with Crippen LogP contribution in [0.3, 0.4) is 0 Å². The summed E-state index contributed by atoms with van der Waals surface area (Å²) >= 11 is 0. The van der Waals surface area contributed by atoms with E-state index in [2.05, 4.69) is 4.65 Å². The van der Waals surface area contributed by atoms with Gasteiger partial charge in [0.15, 0.2) is 5.78 Å². The lowest BCUT2D eigenvalue weighted by molar-refractivity contribution is 0.104. The summed E-state index contributed by atoms with van der Waals surface area (Å²) in [5.41, 5.74) is 0.141. The van der Waals surface area contributed by atoms with Crippen LogP contribution in [0.5, 0.6) is 5.75 Å². The Morgan fingerprint density at radius 1 is 1.11 bits per heavy atom. The molecule has 0 fully saturated rings. The van der Waals surface area contributed by atoms with Gasteiger partial charge in [-0.25, -0.2) is 13.4 Å². The van der Waals surface area contributed by atoms with E-state index in [0.717, 1.165) is 11.8 Å². The molecular weight excluding hydrogens is 367 g/mol. The van der Waals surface area contributed by atoms with Gasteiger partial charge in [-0.2, -0.15) is 0 Å². The summed E-state index contributed by atoms with van der Waals surface area (Å²) in [6.07, 6.45) is 2.62. The maximum Gasteiger partial charge on any atom is 0.796 e. The number of hydrogen-bond acceptors (Lipinski definition) is 5. The summed E-state index contributed by atoms with van der Waals surface area (Å²) in [7, 11) is 0.606. The van der Waals surface area contributed by atoms with Crippen LogP contribution in [0.25, 0.3) is 17.0 Å². The van der Waals surface area contributed by atoms with Gasteiger partial charge in [-0.15, -0.1) is 0 Å². The van der Waals surface area contributed by atoms with Crippen molar-refractivity contribution in [2.45, 2.75) is 0 Å². The van der Waals surface area contributed by atoms with Gasteiger partial charge >= 0.3 is 13.1 Å². The second-order valence-electron chi connectivity index (χ2n) is 6.15. The van der Waals surface area contributed by atoms with Crippen molar-refractivity contribution in [1.29, 1.82) is 0 Å². The van der Waals surface area contributed by atoms with Gasteiger partial charge < -0.3 is 14.0 Å². The van der Waals surface area contributed by atoms with Crippen LogP contribution in [0, 0.1) is 0 Å². The fourth-order valence-corrected chi connectivity index (χ4v) is 2.68. The van der Waals surface area contributed by atoms with Crippen molar-refractivity contribution in [2.24, 2.45) is 0 Å². The molecule has 28 heavy (non-hydrogen) atoms. The van der Waals surface area contributed by atoms with E-state index in [1.807, 2.05) is 31.1 Å². The lowest BCUT2D eigenvalue weighted by Gasteiger charge is -2.11. The number of hydrogen-bond donors (Lipinski definition) is 0. The zero-order valence-corrected chi connectivity index (χ0v) is 15.2. The molecule has 3 rings (SSSR count). The van der Waals surface area contributed by atoms with Crippen LogP contribution in [0.1, 0.15) is 15.9 Å². The molecule has 0 aliphatic carbocycles. The third-order valence-electron chi connectivity index (χ3n) is 4.06. The molecule has 0 N–H and O–H groups in total. The number of rotatable bonds is 6. The molecule has 142 valence electrons. The molecule has 1 aromatic heterocycles. The number of ketones is 1. The van der Waals surface area contributed by atoms with Crippen molar-refractivity contribution in [3.63, 3.8) is 0 Å². The number of anilines is 1. The highest BCUT2D eigenvalue weighted by atomic mass is 19.2. The molecule has 8 heteroatoms. The Balaban J connectivity index is 2.00. The standard InChI is InChI=1S/C20H16BF2NO4/c1-24(2)14-10-7-13(8-11-14)9-12-16(25)18-19(28-21(22)23)15-5-3-4-6-17(15)27-20(18)26/h3-12H,1-2H3/b12-9+. The van der Waals surface area contributed by atoms with Gasteiger partial charge in [-0.05, 0) is 35.9 Å². The van der Waals surface area contributed by atoms with Crippen molar-refractivity contribution in [2.75, 3.05) is 19.0 Å². The summed E-state index contributed by atoms with van der Waals surface area (Å²) in [6.45, 7) is 0. The van der Waals surface area contributed by atoms with Gasteiger partial charge in [0.05, 0.1) is 5.39 Å². The number of para-hydroxylation sites is 1. The Morgan fingerprint density at radius 2 is 1.79 bits per heavy atom. The van der Waals surface area contributed by atoms with E-state index in [1.54, 1.807) is 24.3 Å². The number of carbonyl (C=O) groups is 1. The SMILES string of the molecule is CN(C)c1ccc(/C=C/C(=O)c2c(OB(F)F)c3ccccc3oc2=O)cc1. The average molecular weight is 383 g/mol. The molecule has 0 saturated heterocycles. The van der Waals surface area contributed by atoms with Crippen molar-refractivity contribution in [3.05, 3.63) is 76.2 Å². The van der Waals surface area contributed by atoms with Crippen molar-refractivity contribution in [1.82, 2.24) is 0 Å². The van der Waals surface area contributed by atoms with Crippen LogP contribution >= 0.6 is 0 Å². The highest BCUT2D eigenvalue weighted by Crippen LogP contribution is 2.29. The normalized spacial score (nSPS) is 11.0. The Morgan fingerprint density at radius 3 is 2.43 bits per heavy atom. The number of halogens is 2. The van der Waals surface area contributed by atoms with Crippen LogP contribution in [-0.2, 0) is 0 Å². The third-order valence-corrected chi connectivity index (χ3v) is 4.06. The predicted octanol–water partition coefficient (Wildman–Crippen LogP) is 4.06. The van der Waals surface area contributed by atoms with E-state index in [-0.39, 0.29) is 11.0 Å². The van der Waals surface area contributed by atoms with Crippen LogP contribution in [-0.4, -0.2) is 27.3 Å². The van der Waals surface area contributed by atoms with E-state index < -0.39 is 30.2 Å². The third kappa shape index (κ3) is 4.11. The zero-order valence-electron chi connectivity index (χ0n) is 15.2. The lowest BCUT2D eigenvalue weighted by atomic mass is 10.1. The largest absolute Gasteiger partial charge is 0.796 e. The number of fused-ring (bicyclic) bond motifs is 1. The highest BCUT2D eigenvalue weighted by Gasteiger charge is 2.27. The van der Waals surface area contributed by atoms with Gasteiger partial charge in [0.25, 0.3) is 0 Å². The Bertz CT molecular complexity index is 1090. The van der Waals surface area contributed by atoms with Crippen LogP contribution in [0.15, 0.2) is 63.8 Å². The maximum absolute atomic E-state index is 12.9. The Labute approximate surface area is 160 Å². The smallest absolute Gasteiger partial charge is 0.504 e. The molecule has 5 nitrogen and oxygen atoms in total. The average Bonchev–Trinajstić information content (AvgIpc) is 2.66. The minimum atomic E-state index is -3.20. The number of nitrogens with zero attached hydrogens (tertiary/aromatic N) is 1. The van der Waals surface area contributed by atoms with Gasteiger partial charge in [-0.1, -0.05) is 30.3 Å². The fraction of sp³-hybridized carbons (Fsp3) is 0.100. The molecule has 0 unspecified atom stereocenters. The van der Waals surface area contributed by atoms with Gasteiger partial charge in [-0.3, -0.25) is 4.79 Å². The molecular formula is C20H16BF2NO4. The van der Waals surface area contributed by atoms with Gasteiger partial charge in [0.1, 0.15) is 16.9 Å². The molecule has 0 atom stereocenters. The van der Waals surface area contributed by atoms with E-state index in [4.69, 9.17) is 4.42 Å². The van der Waals surface area contributed by atoms with Gasteiger partial charge in [0.2, 0.25) is 0 Å². The molecule has 0 aliphatic rings. The minimum absolute atomic E-state index is 0.0583. The van der Waals surface area contributed by atoms with Crippen LogP contribution < -0.4 is 15.2 Å². The summed E-state index contributed by atoms with van der Waals surface area (Å²) in [5, 5.41) is 0.120. The summed E-state index contributed by atoms with van der Waals surface area (Å²) < 4.78 is 35.4. The van der Waals surface area contributed by atoms with E-state index in [1.165, 1.54) is 18.2 Å². The molecule has 2 aromatic carbocycles. The summed E-state index contributed by atoms with van der Waals surface area (Å²) in [4.78, 5) is 26.8. The number of allylic oxidation sites excluding steroid dienone is 1. The molecule has 0 aliphatic heterocycles. The molecule has 0 spiro atoms. The predicted molar refractivity (Wildman–Crippen MR) is 105 cm³/mol. The van der Waals surface area contributed by atoms with Crippen LogP contribution in [0.4, 0.5) is 14.3 Å². The molecule has 0 radical (unpaired) electrons. The first-order valence-corrected chi connectivity index (χ1v) is 8.37. The first-order chi connectivity index (χ1) is 13.4. The van der Waals surface area contributed by atoms with E-state index in [0.29, 0.717) is 5.56 Å². The monoisotopic (exact) mass is 383 g/mol. The quantitative estimate of drug-likeness (QED) is 0.278. The molecule has 1 heterocycles. The minimum Gasteiger partial charge on any atom is -0.504 e. The Kier molecular flexibility index (Phi) is 5.58. The van der Waals surface area contributed by atoms with E-state index in [9.17, 15) is 18.2 Å². The summed E-state index contributed by atoms with van der Waals surface area (Å²) in [6, 6.07) is 13.3. The molecule has 0 bridgehead atoms. The molecule has 0 saturated carbocycles. The zero-order chi connectivity index (χ0) is 20.3. The number of benzene rings is 2. The fourth-order valence-electron chi connectivity index (χ4n) is 2.68.